The number of hydrogen-bond acceptors (Lipinski definition) is 2. The zero-order valence-corrected chi connectivity index (χ0v) is 8.72. The Bertz CT molecular complexity index is 291. The summed E-state index contributed by atoms with van der Waals surface area (Å²) in [6.45, 7) is 0.465. The van der Waals surface area contributed by atoms with E-state index in [0.29, 0.717) is 23.0 Å². The molecule has 0 aromatic heterocycles. The minimum absolute atomic E-state index is 0.288. The van der Waals surface area contributed by atoms with Crippen molar-refractivity contribution in [3.63, 3.8) is 0 Å². The van der Waals surface area contributed by atoms with E-state index in [4.69, 9.17) is 11.5 Å². The molecule has 0 aliphatic carbocycles. The zero-order valence-electron chi connectivity index (χ0n) is 7.13. The van der Waals surface area contributed by atoms with Gasteiger partial charge < -0.3 is 11.5 Å². The summed E-state index contributed by atoms with van der Waals surface area (Å²) in [6.07, 6.45) is 0.591. The second-order valence-electron chi connectivity index (χ2n) is 2.83. The molecular formula is C9H12BrFN2. The molecule has 1 aromatic rings. The van der Waals surface area contributed by atoms with Crippen LogP contribution in [0.25, 0.3) is 0 Å². The second kappa shape index (κ2) is 4.69. The summed E-state index contributed by atoms with van der Waals surface area (Å²) in [6, 6.07) is 4.77. The summed E-state index contributed by atoms with van der Waals surface area (Å²) in [5, 5.41) is 0. The average molecular weight is 247 g/mol. The number of rotatable bonds is 3. The minimum atomic E-state index is -0.317. The van der Waals surface area contributed by atoms with E-state index in [9.17, 15) is 4.39 Å². The maximum Gasteiger partial charge on any atom is 0.142 e. The summed E-state index contributed by atoms with van der Waals surface area (Å²) in [4.78, 5) is 0. The lowest BCUT2D eigenvalue weighted by molar-refractivity contribution is 0.562. The molecule has 0 amide bonds. The fourth-order valence-electron chi connectivity index (χ4n) is 1.14. The smallest absolute Gasteiger partial charge is 0.142 e. The van der Waals surface area contributed by atoms with Crippen molar-refractivity contribution in [3.8, 4) is 0 Å². The van der Waals surface area contributed by atoms with Gasteiger partial charge in [0.15, 0.2) is 0 Å². The Kier molecular flexibility index (Phi) is 3.84. The van der Waals surface area contributed by atoms with Gasteiger partial charge >= 0.3 is 0 Å². The lowest BCUT2D eigenvalue weighted by Gasteiger charge is -2.11. The first-order chi connectivity index (χ1) is 6.16. The molecule has 0 radical (unpaired) electrons. The van der Waals surface area contributed by atoms with E-state index in [1.807, 2.05) is 0 Å². The monoisotopic (exact) mass is 246 g/mol. The molecule has 4 heteroatoms. The maximum atomic E-state index is 13.4. The van der Waals surface area contributed by atoms with Crippen LogP contribution in [0.5, 0.6) is 0 Å². The van der Waals surface area contributed by atoms with Crippen LogP contribution in [-0.2, 0) is 0 Å². The molecule has 0 aliphatic heterocycles. The van der Waals surface area contributed by atoms with Crippen molar-refractivity contribution in [2.45, 2.75) is 12.5 Å². The van der Waals surface area contributed by atoms with Gasteiger partial charge in [-0.05, 0) is 35.0 Å². The molecule has 13 heavy (non-hydrogen) atoms. The van der Waals surface area contributed by atoms with Crippen LogP contribution in [-0.4, -0.2) is 6.54 Å². The van der Waals surface area contributed by atoms with Crippen LogP contribution in [0.1, 0.15) is 18.0 Å². The molecule has 0 bridgehead atoms. The Hall–Kier alpha value is -0.450. The molecule has 1 atom stereocenters. The van der Waals surface area contributed by atoms with Crippen LogP contribution in [0.2, 0.25) is 0 Å². The van der Waals surface area contributed by atoms with Crippen LogP contribution in [0.3, 0.4) is 0 Å². The van der Waals surface area contributed by atoms with E-state index in [0.717, 1.165) is 0 Å². The van der Waals surface area contributed by atoms with Gasteiger partial charge in [0.05, 0.1) is 4.47 Å². The number of nitrogens with two attached hydrogens (primary N) is 2. The zero-order chi connectivity index (χ0) is 9.84. The van der Waals surface area contributed by atoms with E-state index in [-0.39, 0.29) is 11.9 Å². The molecule has 0 spiro atoms. The summed E-state index contributed by atoms with van der Waals surface area (Å²) < 4.78 is 13.8. The Morgan fingerprint density at radius 2 is 2.15 bits per heavy atom. The summed E-state index contributed by atoms with van der Waals surface area (Å²) in [5.41, 5.74) is 11.6. The largest absolute Gasteiger partial charge is 0.330 e. The fourth-order valence-corrected chi connectivity index (χ4v) is 1.52. The van der Waals surface area contributed by atoms with Crippen LogP contribution in [0, 0.1) is 5.82 Å². The van der Waals surface area contributed by atoms with Crippen molar-refractivity contribution < 1.29 is 4.39 Å². The van der Waals surface area contributed by atoms with Gasteiger partial charge in [0, 0.05) is 11.6 Å². The predicted octanol–water partition coefficient (Wildman–Crippen LogP) is 1.94. The summed E-state index contributed by atoms with van der Waals surface area (Å²) >= 11 is 3.10. The Morgan fingerprint density at radius 3 is 2.77 bits per heavy atom. The second-order valence-corrected chi connectivity index (χ2v) is 3.68. The fraction of sp³-hybridized carbons (Fsp3) is 0.333. The third-order valence-corrected chi connectivity index (χ3v) is 2.47. The van der Waals surface area contributed by atoms with Crippen molar-refractivity contribution in [2.75, 3.05) is 6.54 Å². The van der Waals surface area contributed by atoms with Gasteiger partial charge in [-0.25, -0.2) is 4.39 Å². The molecule has 0 fully saturated rings. The molecule has 0 aliphatic rings. The predicted molar refractivity (Wildman–Crippen MR) is 54.7 cm³/mol. The Morgan fingerprint density at radius 1 is 1.46 bits per heavy atom. The first-order valence-electron chi connectivity index (χ1n) is 4.06. The van der Waals surface area contributed by atoms with Crippen LogP contribution >= 0.6 is 15.9 Å². The van der Waals surface area contributed by atoms with Crippen molar-refractivity contribution in [3.05, 3.63) is 34.1 Å². The highest BCUT2D eigenvalue weighted by Crippen LogP contribution is 2.23. The SMILES string of the molecule is NCC[C@@H](N)c1cccc(Br)c1F. The first kappa shape index (κ1) is 10.6. The standard InChI is InChI=1S/C9H12BrFN2/c10-7-3-1-2-6(9(7)11)8(13)4-5-12/h1-3,8H,4-5,12-13H2/t8-/m1/s1. The quantitative estimate of drug-likeness (QED) is 0.857. The van der Waals surface area contributed by atoms with Crippen molar-refractivity contribution in [2.24, 2.45) is 11.5 Å². The van der Waals surface area contributed by atoms with Gasteiger partial charge in [-0.2, -0.15) is 0 Å². The van der Waals surface area contributed by atoms with E-state index >= 15 is 0 Å². The van der Waals surface area contributed by atoms with Crippen molar-refractivity contribution >= 4 is 15.9 Å². The minimum Gasteiger partial charge on any atom is -0.330 e. The van der Waals surface area contributed by atoms with Gasteiger partial charge in [0.1, 0.15) is 5.82 Å². The molecule has 0 saturated carbocycles. The van der Waals surface area contributed by atoms with Gasteiger partial charge in [0.25, 0.3) is 0 Å². The highest BCUT2D eigenvalue weighted by atomic mass is 79.9. The van der Waals surface area contributed by atoms with E-state index in [1.54, 1.807) is 18.2 Å². The average Bonchev–Trinajstić information content (AvgIpc) is 2.10. The molecular weight excluding hydrogens is 235 g/mol. The molecule has 72 valence electrons. The lowest BCUT2D eigenvalue weighted by Crippen LogP contribution is -2.16. The van der Waals surface area contributed by atoms with Gasteiger partial charge in [-0.15, -0.1) is 0 Å². The molecule has 1 rings (SSSR count). The van der Waals surface area contributed by atoms with Crippen LogP contribution in [0.4, 0.5) is 4.39 Å². The van der Waals surface area contributed by atoms with Gasteiger partial charge in [0.2, 0.25) is 0 Å². The molecule has 0 heterocycles. The third-order valence-electron chi connectivity index (χ3n) is 1.86. The van der Waals surface area contributed by atoms with E-state index in [2.05, 4.69) is 15.9 Å². The number of hydrogen-bond donors (Lipinski definition) is 2. The van der Waals surface area contributed by atoms with Gasteiger partial charge in [-0.1, -0.05) is 12.1 Å². The number of halogens is 2. The lowest BCUT2D eigenvalue weighted by atomic mass is 10.0. The van der Waals surface area contributed by atoms with Crippen molar-refractivity contribution in [1.29, 1.82) is 0 Å². The van der Waals surface area contributed by atoms with E-state index < -0.39 is 0 Å². The van der Waals surface area contributed by atoms with Crippen molar-refractivity contribution in [1.82, 2.24) is 0 Å². The highest BCUT2D eigenvalue weighted by Gasteiger charge is 2.12. The highest BCUT2D eigenvalue weighted by molar-refractivity contribution is 9.10. The Labute approximate surface area is 85.2 Å². The maximum absolute atomic E-state index is 13.4. The van der Waals surface area contributed by atoms with Crippen LogP contribution in [0.15, 0.2) is 22.7 Å². The molecule has 0 saturated heterocycles. The molecule has 4 N–H and O–H groups in total. The molecule has 1 aromatic carbocycles. The third kappa shape index (κ3) is 2.49. The topological polar surface area (TPSA) is 52.0 Å². The Balaban J connectivity index is 2.93. The normalized spacial score (nSPS) is 12.9. The molecule has 2 nitrogen and oxygen atoms in total. The number of benzene rings is 1. The first-order valence-corrected chi connectivity index (χ1v) is 4.85. The summed E-state index contributed by atoms with van der Waals surface area (Å²) in [7, 11) is 0. The van der Waals surface area contributed by atoms with Crippen LogP contribution < -0.4 is 11.5 Å². The van der Waals surface area contributed by atoms with E-state index in [1.165, 1.54) is 0 Å². The summed E-state index contributed by atoms with van der Waals surface area (Å²) in [5.74, 6) is -0.288. The van der Waals surface area contributed by atoms with Gasteiger partial charge in [-0.3, -0.25) is 0 Å². The molecule has 0 unspecified atom stereocenters.